The Kier molecular flexibility index (Phi) is 4.14. The monoisotopic (exact) mass is 266 g/mol. The van der Waals surface area contributed by atoms with Crippen molar-refractivity contribution in [1.82, 2.24) is 5.32 Å². The number of carbonyl (C=O) groups is 1. The number of nitrogens with zero attached hydrogens (tertiary/aromatic N) is 1. The molecule has 1 amide bonds. The third-order valence-corrected chi connectivity index (χ3v) is 3.99. The molecule has 1 atom stereocenters. The maximum Gasteiger partial charge on any atom is 0.240 e. The second-order valence-electron chi connectivity index (χ2n) is 4.30. The number of likely N-dealkylation sites (N-methyl/N-ethyl adjacent to an activating group) is 1. The van der Waals surface area contributed by atoms with E-state index in [4.69, 9.17) is 4.74 Å². The number of benzene rings is 1. The number of ether oxygens (including phenoxy) is 1. The van der Waals surface area contributed by atoms with Crippen molar-refractivity contribution in [3.8, 4) is 5.75 Å². The third kappa shape index (κ3) is 2.62. The van der Waals surface area contributed by atoms with E-state index in [9.17, 15) is 4.79 Å². The number of hydrogen-bond donors (Lipinski definition) is 1. The minimum Gasteiger partial charge on any atom is -0.497 e. The molecule has 0 aliphatic carbocycles. The minimum absolute atomic E-state index is 0.107. The molecule has 0 radical (unpaired) electrons. The van der Waals surface area contributed by atoms with Crippen LogP contribution in [-0.2, 0) is 4.79 Å². The summed E-state index contributed by atoms with van der Waals surface area (Å²) in [6.07, 6.45) is 0. The molecule has 0 spiro atoms. The molecular weight excluding hydrogens is 248 g/mol. The zero-order valence-electron chi connectivity index (χ0n) is 10.9. The Morgan fingerprint density at radius 2 is 2.39 bits per heavy atom. The standard InChI is InChI=1S/C13H18N2O2S/c1-9-8-15(13(16)7-14-2)11-5-4-10(17-3)6-12(11)18-9/h4-6,9,14H,7-8H2,1-3H3. The van der Waals surface area contributed by atoms with Gasteiger partial charge in [0.1, 0.15) is 5.75 Å². The van der Waals surface area contributed by atoms with Gasteiger partial charge in [0.15, 0.2) is 0 Å². The molecule has 4 nitrogen and oxygen atoms in total. The Bertz CT molecular complexity index is 451. The Morgan fingerprint density at radius 3 is 3.06 bits per heavy atom. The van der Waals surface area contributed by atoms with Crippen LogP contribution in [0.15, 0.2) is 23.1 Å². The maximum atomic E-state index is 12.1. The molecule has 1 N–H and O–H groups in total. The lowest BCUT2D eigenvalue weighted by Gasteiger charge is -2.32. The molecule has 1 aromatic rings. The van der Waals surface area contributed by atoms with Crippen molar-refractivity contribution in [1.29, 1.82) is 0 Å². The fourth-order valence-electron chi connectivity index (χ4n) is 2.03. The van der Waals surface area contributed by atoms with Gasteiger partial charge in [-0.15, -0.1) is 11.8 Å². The van der Waals surface area contributed by atoms with Crippen LogP contribution in [0.4, 0.5) is 5.69 Å². The van der Waals surface area contributed by atoms with Crippen molar-refractivity contribution in [3.05, 3.63) is 18.2 Å². The molecule has 2 rings (SSSR count). The molecule has 1 aromatic carbocycles. The highest BCUT2D eigenvalue weighted by molar-refractivity contribution is 8.00. The Morgan fingerprint density at radius 1 is 1.61 bits per heavy atom. The predicted molar refractivity (Wildman–Crippen MR) is 74.6 cm³/mol. The first-order valence-corrected chi connectivity index (χ1v) is 6.83. The van der Waals surface area contributed by atoms with Gasteiger partial charge in [0.2, 0.25) is 5.91 Å². The van der Waals surface area contributed by atoms with Crippen LogP contribution in [-0.4, -0.2) is 38.4 Å². The van der Waals surface area contributed by atoms with E-state index in [0.29, 0.717) is 11.8 Å². The fourth-order valence-corrected chi connectivity index (χ4v) is 3.17. The summed E-state index contributed by atoms with van der Waals surface area (Å²) in [5, 5.41) is 3.30. The van der Waals surface area contributed by atoms with Crippen molar-refractivity contribution in [3.63, 3.8) is 0 Å². The highest BCUT2D eigenvalue weighted by Crippen LogP contribution is 2.40. The van der Waals surface area contributed by atoms with Crippen molar-refractivity contribution in [2.75, 3.05) is 32.1 Å². The molecule has 0 aromatic heterocycles. The normalized spacial score (nSPS) is 18.4. The van der Waals surface area contributed by atoms with E-state index >= 15 is 0 Å². The largest absolute Gasteiger partial charge is 0.497 e. The molecule has 1 unspecified atom stereocenters. The number of rotatable bonds is 3. The van der Waals surface area contributed by atoms with E-state index in [0.717, 1.165) is 22.9 Å². The predicted octanol–water partition coefficient (Wildman–Crippen LogP) is 1.74. The van der Waals surface area contributed by atoms with Crippen LogP contribution in [0.3, 0.4) is 0 Å². The van der Waals surface area contributed by atoms with Gasteiger partial charge in [-0.2, -0.15) is 0 Å². The SMILES string of the molecule is CNCC(=O)N1CC(C)Sc2cc(OC)ccc21. The van der Waals surface area contributed by atoms with Crippen LogP contribution in [0.25, 0.3) is 0 Å². The molecule has 0 bridgehead atoms. The number of carbonyl (C=O) groups excluding carboxylic acids is 1. The van der Waals surface area contributed by atoms with Crippen LogP contribution < -0.4 is 15.0 Å². The first kappa shape index (κ1) is 13.2. The quantitative estimate of drug-likeness (QED) is 0.905. The number of nitrogens with one attached hydrogen (secondary N) is 1. The zero-order chi connectivity index (χ0) is 13.1. The molecule has 0 saturated heterocycles. The van der Waals surface area contributed by atoms with E-state index in [-0.39, 0.29) is 5.91 Å². The highest BCUT2D eigenvalue weighted by atomic mass is 32.2. The van der Waals surface area contributed by atoms with Gasteiger partial charge in [0, 0.05) is 16.7 Å². The van der Waals surface area contributed by atoms with Gasteiger partial charge in [-0.25, -0.2) is 0 Å². The number of anilines is 1. The van der Waals surface area contributed by atoms with Gasteiger partial charge in [0.25, 0.3) is 0 Å². The molecule has 18 heavy (non-hydrogen) atoms. The van der Waals surface area contributed by atoms with Crippen LogP contribution in [0.2, 0.25) is 0 Å². The van der Waals surface area contributed by atoms with Crippen LogP contribution >= 0.6 is 11.8 Å². The lowest BCUT2D eigenvalue weighted by Crippen LogP contribution is -2.42. The molecular formula is C13H18N2O2S. The van der Waals surface area contributed by atoms with E-state index in [1.165, 1.54) is 0 Å². The van der Waals surface area contributed by atoms with E-state index in [2.05, 4.69) is 12.2 Å². The van der Waals surface area contributed by atoms with Gasteiger partial charge >= 0.3 is 0 Å². The molecule has 1 heterocycles. The molecule has 0 saturated carbocycles. The lowest BCUT2D eigenvalue weighted by atomic mass is 10.2. The number of amides is 1. The highest BCUT2D eigenvalue weighted by Gasteiger charge is 2.26. The Balaban J connectivity index is 2.33. The van der Waals surface area contributed by atoms with Gasteiger partial charge < -0.3 is 15.0 Å². The molecule has 5 heteroatoms. The summed E-state index contributed by atoms with van der Waals surface area (Å²) in [4.78, 5) is 15.0. The van der Waals surface area contributed by atoms with Crippen LogP contribution in [0.1, 0.15) is 6.92 Å². The van der Waals surface area contributed by atoms with Gasteiger partial charge in [0.05, 0.1) is 19.3 Å². The van der Waals surface area contributed by atoms with Gasteiger partial charge in [-0.3, -0.25) is 4.79 Å². The summed E-state index contributed by atoms with van der Waals surface area (Å²) in [5.41, 5.74) is 0.985. The summed E-state index contributed by atoms with van der Waals surface area (Å²) in [6.45, 7) is 3.25. The summed E-state index contributed by atoms with van der Waals surface area (Å²) in [6, 6.07) is 5.85. The van der Waals surface area contributed by atoms with E-state index < -0.39 is 0 Å². The summed E-state index contributed by atoms with van der Waals surface area (Å²) in [7, 11) is 3.44. The van der Waals surface area contributed by atoms with Crippen LogP contribution in [0.5, 0.6) is 5.75 Å². The second kappa shape index (κ2) is 5.63. The van der Waals surface area contributed by atoms with Crippen LogP contribution in [0, 0.1) is 0 Å². The van der Waals surface area contributed by atoms with E-state index in [1.807, 2.05) is 23.1 Å². The number of hydrogen-bond acceptors (Lipinski definition) is 4. The Hall–Kier alpha value is -1.20. The summed E-state index contributed by atoms with van der Waals surface area (Å²) in [5.74, 6) is 0.937. The molecule has 1 aliphatic rings. The first-order chi connectivity index (χ1) is 8.65. The third-order valence-electron chi connectivity index (χ3n) is 2.85. The zero-order valence-corrected chi connectivity index (χ0v) is 11.7. The molecule has 1 aliphatic heterocycles. The van der Waals surface area contributed by atoms with Gasteiger partial charge in [-0.1, -0.05) is 6.92 Å². The van der Waals surface area contributed by atoms with E-state index in [1.54, 1.807) is 25.9 Å². The fraction of sp³-hybridized carbons (Fsp3) is 0.462. The second-order valence-corrected chi connectivity index (χ2v) is 5.78. The smallest absolute Gasteiger partial charge is 0.240 e. The average molecular weight is 266 g/mol. The van der Waals surface area contributed by atoms with Crippen molar-refractivity contribution in [2.24, 2.45) is 0 Å². The summed E-state index contributed by atoms with van der Waals surface area (Å²) < 4.78 is 5.23. The van der Waals surface area contributed by atoms with Crippen molar-refractivity contribution < 1.29 is 9.53 Å². The van der Waals surface area contributed by atoms with Crippen molar-refractivity contribution in [2.45, 2.75) is 17.1 Å². The lowest BCUT2D eigenvalue weighted by molar-refractivity contribution is -0.117. The topological polar surface area (TPSA) is 41.6 Å². The summed E-state index contributed by atoms with van der Waals surface area (Å²) >= 11 is 1.79. The minimum atomic E-state index is 0.107. The first-order valence-electron chi connectivity index (χ1n) is 5.95. The van der Waals surface area contributed by atoms with Crippen molar-refractivity contribution >= 4 is 23.4 Å². The maximum absolute atomic E-state index is 12.1. The van der Waals surface area contributed by atoms with Gasteiger partial charge in [-0.05, 0) is 25.2 Å². The Labute approximate surface area is 112 Å². The molecule has 0 fully saturated rings. The number of fused-ring (bicyclic) bond motifs is 1. The number of thioether (sulfide) groups is 1. The molecule has 98 valence electrons. The average Bonchev–Trinajstić information content (AvgIpc) is 2.37. The number of methoxy groups -OCH3 is 1.